The molecule has 306 valence electrons. The molecular weight excluding hydrogens is 768 g/mol. The van der Waals surface area contributed by atoms with E-state index < -0.39 is 73.6 Å². The van der Waals surface area contributed by atoms with Gasteiger partial charge in [-0.1, -0.05) is 142 Å². The van der Waals surface area contributed by atoms with E-state index >= 15 is 0 Å². The molecule has 1 aliphatic heterocycles. The minimum atomic E-state index is -5.38. The minimum Gasteiger partial charge on any atom is -0.404 e. The molecular formula is C44H48F3N3O7Si. The number of Topliss-reactive ketones (excluding diaryl/α,β-unsaturated/α-hetero) is 1. The summed E-state index contributed by atoms with van der Waals surface area (Å²) in [4.78, 5) is 40.9. The maximum atomic E-state index is 14.9. The van der Waals surface area contributed by atoms with E-state index in [0.717, 1.165) is 26.7 Å². The lowest BCUT2D eigenvalue weighted by molar-refractivity contribution is -0.182. The van der Waals surface area contributed by atoms with Crippen molar-refractivity contribution in [2.45, 2.75) is 70.1 Å². The Labute approximate surface area is 336 Å². The zero-order chi connectivity index (χ0) is 41.7. The monoisotopic (exact) mass is 815 g/mol. The smallest absolute Gasteiger partial charge is 0.404 e. The van der Waals surface area contributed by atoms with Crippen LogP contribution in [0.3, 0.4) is 0 Å². The summed E-state index contributed by atoms with van der Waals surface area (Å²) in [7, 11) is -2.11. The predicted molar refractivity (Wildman–Crippen MR) is 217 cm³/mol. The molecule has 0 saturated carbocycles. The van der Waals surface area contributed by atoms with Crippen molar-refractivity contribution in [2.24, 2.45) is 5.92 Å². The van der Waals surface area contributed by atoms with Gasteiger partial charge < -0.3 is 24.1 Å². The highest BCUT2D eigenvalue weighted by molar-refractivity contribution is 6.99. The normalized spacial score (nSPS) is 19.9. The highest BCUT2D eigenvalue weighted by Gasteiger charge is 2.65. The van der Waals surface area contributed by atoms with Gasteiger partial charge in [0.1, 0.15) is 17.6 Å². The zero-order valence-electron chi connectivity index (χ0n) is 33.1. The van der Waals surface area contributed by atoms with E-state index in [0.29, 0.717) is 10.2 Å². The molecule has 0 amide bonds. The van der Waals surface area contributed by atoms with Crippen LogP contribution >= 0.6 is 0 Å². The van der Waals surface area contributed by atoms with E-state index in [1.165, 1.54) is 14.0 Å². The number of ether oxygens (including phenoxy) is 3. The molecule has 14 heteroatoms. The Bertz CT molecular complexity index is 2230. The first-order valence-electron chi connectivity index (χ1n) is 19.0. The summed E-state index contributed by atoms with van der Waals surface area (Å²) in [5.74, 6) is -4.32. The number of carbonyl (C=O) groups is 1. The number of aromatic nitrogens is 2. The highest BCUT2D eigenvalue weighted by atomic mass is 28.4. The number of halogens is 3. The lowest BCUT2D eigenvalue weighted by atomic mass is 9.87. The number of aryl methyl sites for hydroxylation is 1. The van der Waals surface area contributed by atoms with Gasteiger partial charge >= 0.3 is 11.9 Å². The van der Waals surface area contributed by atoms with E-state index in [9.17, 15) is 27.6 Å². The molecule has 58 heavy (non-hydrogen) atoms. The van der Waals surface area contributed by atoms with Gasteiger partial charge in [-0.15, -0.1) is 0 Å². The third-order valence-electron chi connectivity index (χ3n) is 10.6. The van der Waals surface area contributed by atoms with E-state index in [1.807, 2.05) is 91.0 Å². The number of ketones is 1. The van der Waals surface area contributed by atoms with Crippen molar-refractivity contribution in [3.8, 4) is 0 Å². The molecule has 0 bridgehead atoms. The quantitative estimate of drug-likeness (QED) is 0.131. The lowest BCUT2D eigenvalue weighted by Gasteiger charge is -2.45. The van der Waals surface area contributed by atoms with Crippen LogP contribution in [0.5, 0.6) is 0 Å². The second-order valence-corrected chi connectivity index (χ2v) is 19.8. The van der Waals surface area contributed by atoms with Crippen LogP contribution in [-0.2, 0) is 36.6 Å². The molecule has 4 aromatic carbocycles. The van der Waals surface area contributed by atoms with Crippen LogP contribution < -0.4 is 27.0 Å². The molecule has 0 radical (unpaired) electrons. The van der Waals surface area contributed by atoms with Gasteiger partial charge in [-0.25, -0.2) is 4.79 Å². The van der Waals surface area contributed by atoms with Gasteiger partial charge in [0, 0.05) is 18.8 Å². The lowest BCUT2D eigenvalue weighted by Crippen LogP contribution is -2.68. The van der Waals surface area contributed by atoms with Crippen LogP contribution in [0.15, 0.2) is 137 Å². The van der Waals surface area contributed by atoms with Crippen molar-refractivity contribution in [2.75, 3.05) is 25.7 Å². The van der Waals surface area contributed by atoms with E-state index in [-0.39, 0.29) is 18.8 Å². The van der Waals surface area contributed by atoms with Gasteiger partial charge in [0.25, 0.3) is 13.9 Å². The first kappa shape index (κ1) is 42.5. The van der Waals surface area contributed by atoms with E-state index in [4.69, 9.17) is 18.6 Å². The Morgan fingerprint density at radius 3 is 1.78 bits per heavy atom. The Balaban J connectivity index is 1.59. The maximum absolute atomic E-state index is 14.9. The number of alkyl halides is 3. The average Bonchev–Trinajstić information content (AvgIpc) is 3.52. The van der Waals surface area contributed by atoms with Crippen molar-refractivity contribution in [1.29, 1.82) is 0 Å². The highest BCUT2D eigenvalue weighted by Crippen LogP contribution is 2.48. The maximum Gasteiger partial charge on any atom is 0.450 e. The molecule has 4 atom stereocenters. The van der Waals surface area contributed by atoms with Gasteiger partial charge in [0.05, 0.1) is 26.4 Å². The summed E-state index contributed by atoms with van der Waals surface area (Å²) in [6.07, 6.45) is -7.87. The minimum absolute atomic E-state index is 0.0129. The number of hydrogen-bond acceptors (Lipinski definition) is 8. The molecule has 6 rings (SSSR count). The summed E-state index contributed by atoms with van der Waals surface area (Å²) in [6, 6.07) is 37.3. The molecule has 5 aromatic rings. The summed E-state index contributed by atoms with van der Waals surface area (Å²) < 4.78 is 73.4. The third-order valence-corrected chi connectivity index (χ3v) is 15.5. The van der Waals surface area contributed by atoms with Gasteiger partial charge in [-0.2, -0.15) is 17.8 Å². The zero-order valence-corrected chi connectivity index (χ0v) is 34.1. The number of rotatable bonds is 15. The molecule has 1 saturated heterocycles. The third kappa shape index (κ3) is 8.52. The molecule has 0 unspecified atom stereocenters. The Morgan fingerprint density at radius 2 is 1.29 bits per heavy atom. The Hall–Kier alpha value is -5.12. The molecule has 1 aliphatic rings. The van der Waals surface area contributed by atoms with Crippen LogP contribution in [0.4, 0.5) is 13.2 Å². The van der Waals surface area contributed by atoms with Gasteiger partial charge in [-0.3, -0.25) is 14.2 Å². The molecule has 1 N–H and O–H groups in total. The van der Waals surface area contributed by atoms with E-state index in [2.05, 4.69) is 26.2 Å². The predicted octanol–water partition coefficient (Wildman–Crippen LogP) is 5.89. The van der Waals surface area contributed by atoms with Gasteiger partial charge in [0.15, 0.2) is 6.23 Å². The number of nitrogens with zero attached hydrogens (tertiary/aromatic N) is 2. The van der Waals surface area contributed by atoms with Crippen LogP contribution in [0.2, 0.25) is 5.04 Å². The Morgan fingerprint density at radius 1 is 0.793 bits per heavy atom. The first-order chi connectivity index (χ1) is 27.6. The molecule has 1 fully saturated rings. The number of hydrogen-bond donors (Lipinski definition) is 1. The fourth-order valence-corrected chi connectivity index (χ4v) is 12.4. The van der Waals surface area contributed by atoms with Crippen molar-refractivity contribution in [1.82, 2.24) is 9.24 Å². The largest absolute Gasteiger partial charge is 0.450 e. The second-order valence-electron chi connectivity index (χ2n) is 15.5. The molecule has 0 spiro atoms. The number of carbonyl (C=O) groups excluding carboxylic acids is 1. The van der Waals surface area contributed by atoms with Crippen molar-refractivity contribution < 1.29 is 36.6 Å². The average molecular weight is 816 g/mol. The van der Waals surface area contributed by atoms with Crippen LogP contribution in [-0.4, -0.2) is 61.5 Å². The van der Waals surface area contributed by atoms with Crippen LogP contribution in [0.1, 0.15) is 43.7 Å². The van der Waals surface area contributed by atoms with Crippen LogP contribution in [0, 0.1) is 12.8 Å². The van der Waals surface area contributed by atoms with Crippen LogP contribution in [0.25, 0.3) is 0 Å². The topological polar surface area (TPSA) is 110 Å². The fraction of sp³-hybridized carbons (Fsp3) is 0.341. The standard InChI is InChI=1S/C44H48F3N3O7Si/c1-31-26-49(41(53)50(48-5)39(31)52)40-36(37(51)44(45,46)47)38(55-28-33-20-12-7-13-21-33)43(57-40,29-54-27-32-18-10-6-11-19-32)30-56-58(42(2,3)4,34-22-14-8-15-23-34)35-24-16-9-17-25-35/h6-26,36,38,40,48H,27-30H2,1-5H3/t36-,38+,40-,43+/m1/s1. The second kappa shape index (κ2) is 17.4. The fourth-order valence-electron chi connectivity index (χ4n) is 7.82. The number of benzene rings is 4. The number of nitrogens with one attached hydrogen (secondary N) is 1. The van der Waals surface area contributed by atoms with Crippen molar-refractivity contribution >= 4 is 24.5 Å². The van der Waals surface area contributed by atoms with Crippen molar-refractivity contribution in [3.63, 3.8) is 0 Å². The first-order valence-corrected chi connectivity index (χ1v) is 20.9. The van der Waals surface area contributed by atoms with E-state index in [1.54, 1.807) is 30.3 Å². The molecule has 1 aromatic heterocycles. The van der Waals surface area contributed by atoms with Gasteiger partial charge in [0.2, 0.25) is 5.78 Å². The van der Waals surface area contributed by atoms with Gasteiger partial charge in [-0.05, 0) is 33.5 Å². The Kier molecular flexibility index (Phi) is 12.7. The summed E-state index contributed by atoms with van der Waals surface area (Å²) in [6.45, 7) is 6.57. The SMILES string of the molecule is CNn1c(=O)c(C)cn([C@@H]2O[C@@](COCc3ccccc3)(CO[Si](c3ccccc3)(c3ccccc3)C(C)(C)C)[C@@H](OCc3ccccc3)[C@H]2C(=O)C(F)(F)F)c1=O. The molecule has 10 nitrogen and oxygen atoms in total. The molecule has 0 aliphatic carbocycles. The van der Waals surface area contributed by atoms with Crippen molar-refractivity contribution in [3.05, 3.63) is 165 Å². The summed E-state index contributed by atoms with van der Waals surface area (Å²) in [5.41, 5.74) is 0.207. The molecule has 2 heterocycles. The summed E-state index contributed by atoms with van der Waals surface area (Å²) in [5, 5.41) is 1.21. The summed E-state index contributed by atoms with van der Waals surface area (Å²) >= 11 is 0.